The minimum Gasteiger partial charge on any atom is -0.489 e. The standard InChI is InChI=1S/C19H22F3N5O2/c1-10-4-17(27-18(24-10)19(3,21)22)26-14-7-16(25-11(2)28)23-8-15(14)29-9-12-5-13(20)6-12/h4,7-8,12-13H,5-6,9H2,1-3H3,(H2,23,24,25,26,27,28). The normalized spacial score (nSPS) is 18.7. The van der Waals surface area contributed by atoms with E-state index < -0.39 is 17.9 Å². The van der Waals surface area contributed by atoms with E-state index in [2.05, 4.69) is 25.6 Å². The van der Waals surface area contributed by atoms with Gasteiger partial charge in [0.25, 0.3) is 0 Å². The van der Waals surface area contributed by atoms with Crippen molar-refractivity contribution in [1.29, 1.82) is 0 Å². The number of halogens is 3. The summed E-state index contributed by atoms with van der Waals surface area (Å²) in [6.07, 6.45) is 1.50. The van der Waals surface area contributed by atoms with E-state index in [0.717, 1.165) is 6.92 Å². The Kier molecular flexibility index (Phi) is 5.90. The van der Waals surface area contributed by atoms with Gasteiger partial charge in [0.1, 0.15) is 17.8 Å². The van der Waals surface area contributed by atoms with Crippen LogP contribution in [0.2, 0.25) is 0 Å². The predicted octanol–water partition coefficient (Wildman–Crippen LogP) is 4.12. The number of carbonyl (C=O) groups is 1. The van der Waals surface area contributed by atoms with Crippen molar-refractivity contribution in [2.45, 2.75) is 45.7 Å². The number of aromatic nitrogens is 3. The molecule has 7 nitrogen and oxygen atoms in total. The minimum atomic E-state index is -3.20. The van der Waals surface area contributed by atoms with E-state index in [1.54, 1.807) is 6.92 Å². The molecular weight excluding hydrogens is 387 g/mol. The van der Waals surface area contributed by atoms with Crippen LogP contribution in [0.3, 0.4) is 0 Å². The number of rotatable bonds is 7. The number of hydrogen-bond acceptors (Lipinski definition) is 6. The summed E-state index contributed by atoms with van der Waals surface area (Å²) in [4.78, 5) is 23.1. The van der Waals surface area contributed by atoms with Gasteiger partial charge in [-0.15, -0.1) is 0 Å². The number of nitrogens with zero attached hydrogens (tertiary/aromatic N) is 3. The van der Waals surface area contributed by atoms with Crippen LogP contribution in [0.5, 0.6) is 5.75 Å². The van der Waals surface area contributed by atoms with Gasteiger partial charge in [0.2, 0.25) is 11.7 Å². The Hall–Kier alpha value is -2.91. The highest BCUT2D eigenvalue weighted by Crippen LogP contribution is 2.34. The first kappa shape index (κ1) is 20.8. The van der Waals surface area contributed by atoms with E-state index >= 15 is 0 Å². The molecule has 29 heavy (non-hydrogen) atoms. The summed E-state index contributed by atoms with van der Waals surface area (Å²) in [7, 11) is 0. The van der Waals surface area contributed by atoms with Gasteiger partial charge < -0.3 is 15.4 Å². The summed E-state index contributed by atoms with van der Waals surface area (Å²) < 4.78 is 46.1. The van der Waals surface area contributed by atoms with E-state index in [9.17, 15) is 18.0 Å². The molecule has 0 saturated heterocycles. The molecule has 10 heteroatoms. The van der Waals surface area contributed by atoms with E-state index in [-0.39, 0.29) is 23.5 Å². The maximum Gasteiger partial charge on any atom is 0.303 e. The van der Waals surface area contributed by atoms with Gasteiger partial charge in [-0.25, -0.2) is 19.3 Å². The molecule has 2 aromatic heterocycles. The average molecular weight is 409 g/mol. The highest BCUT2D eigenvalue weighted by atomic mass is 19.3. The molecule has 1 aliphatic rings. The lowest BCUT2D eigenvalue weighted by Crippen LogP contribution is -2.29. The Morgan fingerprint density at radius 1 is 1.28 bits per heavy atom. The molecule has 1 fully saturated rings. The van der Waals surface area contributed by atoms with Crippen molar-refractivity contribution in [3.63, 3.8) is 0 Å². The van der Waals surface area contributed by atoms with Crippen molar-refractivity contribution in [3.8, 4) is 5.75 Å². The van der Waals surface area contributed by atoms with E-state index in [1.807, 2.05) is 0 Å². The van der Waals surface area contributed by atoms with E-state index in [4.69, 9.17) is 4.74 Å². The van der Waals surface area contributed by atoms with Crippen LogP contribution < -0.4 is 15.4 Å². The second kappa shape index (κ2) is 8.22. The molecule has 0 aromatic carbocycles. The number of aryl methyl sites for hydroxylation is 1. The molecule has 0 radical (unpaired) electrons. The van der Waals surface area contributed by atoms with Crippen molar-refractivity contribution in [2.75, 3.05) is 17.2 Å². The first-order valence-corrected chi connectivity index (χ1v) is 9.15. The molecule has 1 aliphatic carbocycles. The predicted molar refractivity (Wildman–Crippen MR) is 101 cm³/mol. The van der Waals surface area contributed by atoms with Crippen LogP contribution in [0.25, 0.3) is 0 Å². The molecule has 0 bridgehead atoms. The fraction of sp³-hybridized carbons (Fsp3) is 0.474. The van der Waals surface area contributed by atoms with Gasteiger partial charge in [-0.3, -0.25) is 4.79 Å². The lowest BCUT2D eigenvalue weighted by molar-refractivity contribution is -0.114. The number of anilines is 3. The quantitative estimate of drug-likeness (QED) is 0.715. The van der Waals surface area contributed by atoms with Crippen molar-refractivity contribution in [2.24, 2.45) is 5.92 Å². The molecule has 1 saturated carbocycles. The highest BCUT2D eigenvalue weighted by molar-refractivity contribution is 5.88. The maximum atomic E-state index is 13.7. The fourth-order valence-electron chi connectivity index (χ4n) is 2.87. The molecule has 2 N–H and O–H groups in total. The van der Waals surface area contributed by atoms with Gasteiger partial charge in [-0.2, -0.15) is 8.78 Å². The summed E-state index contributed by atoms with van der Waals surface area (Å²) in [5.74, 6) is -3.28. The summed E-state index contributed by atoms with van der Waals surface area (Å²) in [6.45, 7) is 3.95. The number of ether oxygens (including phenoxy) is 1. The molecule has 0 unspecified atom stereocenters. The molecule has 0 spiro atoms. The Labute approximate surface area is 166 Å². The summed E-state index contributed by atoms with van der Waals surface area (Å²) in [6, 6.07) is 3.02. The van der Waals surface area contributed by atoms with E-state index in [0.29, 0.717) is 36.6 Å². The molecule has 2 heterocycles. The van der Waals surface area contributed by atoms with Crippen molar-refractivity contribution < 1.29 is 22.7 Å². The number of amides is 1. The largest absolute Gasteiger partial charge is 0.489 e. The third-order valence-corrected chi connectivity index (χ3v) is 4.33. The molecule has 2 aromatic rings. The Morgan fingerprint density at radius 3 is 2.62 bits per heavy atom. The maximum absolute atomic E-state index is 13.7. The van der Waals surface area contributed by atoms with Gasteiger partial charge in [0.05, 0.1) is 18.5 Å². The van der Waals surface area contributed by atoms with Crippen molar-refractivity contribution in [1.82, 2.24) is 15.0 Å². The summed E-state index contributed by atoms with van der Waals surface area (Å²) in [5.41, 5.74) is 0.740. The molecule has 156 valence electrons. The fourth-order valence-corrected chi connectivity index (χ4v) is 2.87. The number of alkyl halides is 3. The second-order valence-corrected chi connectivity index (χ2v) is 7.22. The van der Waals surface area contributed by atoms with Gasteiger partial charge in [0, 0.05) is 31.7 Å². The molecule has 0 atom stereocenters. The third-order valence-electron chi connectivity index (χ3n) is 4.33. The van der Waals surface area contributed by atoms with Gasteiger partial charge >= 0.3 is 5.92 Å². The number of hydrogen-bond donors (Lipinski definition) is 2. The Bertz CT molecular complexity index is 898. The van der Waals surface area contributed by atoms with Crippen LogP contribution in [0.4, 0.5) is 30.5 Å². The van der Waals surface area contributed by atoms with Crippen molar-refractivity contribution in [3.05, 3.63) is 29.8 Å². The second-order valence-electron chi connectivity index (χ2n) is 7.22. The van der Waals surface area contributed by atoms with Crippen LogP contribution in [0.15, 0.2) is 18.3 Å². The molecule has 0 aliphatic heterocycles. The van der Waals surface area contributed by atoms with Crippen LogP contribution in [-0.4, -0.2) is 33.6 Å². The third kappa shape index (κ3) is 5.55. The lowest BCUT2D eigenvalue weighted by atomic mass is 9.84. The molecular formula is C19H22F3N5O2. The first-order chi connectivity index (χ1) is 13.6. The van der Waals surface area contributed by atoms with Crippen LogP contribution in [0, 0.1) is 12.8 Å². The zero-order valence-corrected chi connectivity index (χ0v) is 16.3. The summed E-state index contributed by atoms with van der Waals surface area (Å²) in [5, 5.41) is 5.48. The first-order valence-electron chi connectivity index (χ1n) is 9.15. The summed E-state index contributed by atoms with van der Waals surface area (Å²) >= 11 is 0. The van der Waals surface area contributed by atoms with Gasteiger partial charge in [-0.05, 0) is 25.7 Å². The Balaban J connectivity index is 1.86. The minimum absolute atomic E-state index is 0.111. The lowest BCUT2D eigenvalue weighted by Gasteiger charge is -2.29. The van der Waals surface area contributed by atoms with Crippen molar-refractivity contribution >= 4 is 23.2 Å². The Morgan fingerprint density at radius 2 is 2.00 bits per heavy atom. The topological polar surface area (TPSA) is 89.0 Å². The van der Waals surface area contributed by atoms with Crippen LogP contribution in [0.1, 0.15) is 38.2 Å². The number of pyridine rings is 1. The average Bonchev–Trinajstić information content (AvgIpc) is 2.57. The number of carbonyl (C=O) groups excluding carboxylic acids is 1. The SMILES string of the molecule is CC(=O)Nc1cc(Nc2cc(C)nc(C(C)(F)F)n2)c(OCC2CC(F)C2)cn1. The smallest absolute Gasteiger partial charge is 0.303 e. The van der Waals surface area contributed by atoms with Crippen LogP contribution in [-0.2, 0) is 10.7 Å². The number of nitrogens with one attached hydrogen (secondary N) is 2. The van der Waals surface area contributed by atoms with Gasteiger partial charge in [0.15, 0.2) is 5.75 Å². The zero-order valence-electron chi connectivity index (χ0n) is 16.3. The molecule has 1 amide bonds. The van der Waals surface area contributed by atoms with Crippen LogP contribution >= 0.6 is 0 Å². The highest BCUT2D eigenvalue weighted by Gasteiger charge is 2.30. The van der Waals surface area contributed by atoms with Gasteiger partial charge in [-0.1, -0.05) is 0 Å². The van der Waals surface area contributed by atoms with E-state index in [1.165, 1.54) is 25.3 Å². The molecule has 3 rings (SSSR count). The zero-order chi connectivity index (χ0) is 21.2. The monoisotopic (exact) mass is 409 g/mol.